The van der Waals surface area contributed by atoms with E-state index in [1.54, 1.807) is 0 Å². The number of carbonyl (C=O) groups is 2. The summed E-state index contributed by atoms with van der Waals surface area (Å²) in [6, 6.07) is 5.61. The number of nitrogens with zero attached hydrogens (tertiary/aromatic N) is 2. The number of urea groups is 1. The summed E-state index contributed by atoms with van der Waals surface area (Å²) in [4.78, 5) is 28.1. The number of benzene rings is 1. The van der Waals surface area contributed by atoms with Crippen molar-refractivity contribution in [2.45, 2.75) is 38.3 Å². The van der Waals surface area contributed by atoms with Crippen molar-refractivity contribution in [3.63, 3.8) is 0 Å². The van der Waals surface area contributed by atoms with Crippen molar-refractivity contribution in [3.8, 4) is 11.5 Å². The van der Waals surface area contributed by atoms with E-state index in [1.165, 1.54) is 4.90 Å². The van der Waals surface area contributed by atoms with Crippen molar-refractivity contribution < 1.29 is 19.1 Å². The molecule has 26 heavy (non-hydrogen) atoms. The number of likely N-dealkylation sites (tertiary alicyclic amines) is 1. The maximum atomic E-state index is 12.8. The average Bonchev–Trinajstić information content (AvgIpc) is 3.24. The number of amides is 3. The van der Waals surface area contributed by atoms with Crippen LogP contribution in [0.4, 0.5) is 4.79 Å². The first kappa shape index (κ1) is 17.1. The summed E-state index contributed by atoms with van der Waals surface area (Å²) in [7, 11) is 0. The van der Waals surface area contributed by atoms with Crippen molar-refractivity contribution in [1.29, 1.82) is 0 Å². The zero-order chi connectivity index (χ0) is 18.1. The molecule has 0 radical (unpaired) electrons. The SMILES string of the molecule is C[C@@H](C(=O)N1CCNC1=O)N1CCC[C@@H]1c1ccc2c(c1)OCCCO2. The van der Waals surface area contributed by atoms with E-state index >= 15 is 0 Å². The van der Waals surface area contributed by atoms with Gasteiger partial charge in [-0.25, -0.2) is 4.79 Å². The summed E-state index contributed by atoms with van der Waals surface area (Å²) >= 11 is 0. The van der Waals surface area contributed by atoms with Gasteiger partial charge in [0.1, 0.15) is 0 Å². The summed E-state index contributed by atoms with van der Waals surface area (Å²) in [6.45, 7) is 5.05. The van der Waals surface area contributed by atoms with Crippen LogP contribution in [0, 0.1) is 0 Å². The Morgan fingerprint density at radius 3 is 2.77 bits per heavy atom. The lowest BCUT2D eigenvalue weighted by atomic mass is 10.0. The Balaban J connectivity index is 1.54. The maximum Gasteiger partial charge on any atom is 0.324 e. The predicted molar refractivity (Wildman–Crippen MR) is 95.3 cm³/mol. The predicted octanol–water partition coefficient (Wildman–Crippen LogP) is 1.93. The third kappa shape index (κ3) is 3.11. The van der Waals surface area contributed by atoms with Crippen LogP contribution in [0.5, 0.6) is 11.5 Å². The van der Waals surface area contributed by atoms with Crippen LogP contribution in [0.3, 0.4) is 0 Å². The van der Waals surface area contributed by atoms with Gasteiger partial charge < -0.3 is 14.8 Å². The van der Waals surface area contributed by atoms with Gasteiger partial charge in [-0.15, -0.1) is 0 Å². The summed E-state index contributed by atoms with van der Waals surface area (Å²) in [6.07, 6.45) is 2.90. The third-order valence-electron chi connectivity index (χ3n) is 5.43. The topological polar surface area (TPSA) is 71.1 Å². The number of ether oxygens (including phenoxy) is 2. The van der Waals surface area contributed by atoms with E-state index in [4.69, 9.17) is 9.47 Å². The van der Waals surface area contributed by atoms with E-state index in [0.717, 1.165) is 42.9 Å². The average molecular weight is 359 g/mol. The standard InChI is InChI=1S/C19H25N3O4/c1-13(18(23)22-9-7-20-19(22)24)21-8-2-4-15(21)14-5-6-16-17(12-14)26-11-3-10-25-16/h5-6,12-13,15H,2-4,7-11H2,1H3,(H,20,24)/t13-,15+/m0/s1. The maximum absolute atomic E-state index is 12.8. The Bertz CT molecular complexity index is 708. The van der Waals surface area contributed by atoms with Crippen molar-refractivity contribution in [2.75, 3.05) is 32.8 Å². The number of hydrogen-bond donors (Lipinski definition) is 1. The Kier molecular flexibility index (Phi) is 4.72. The van der Waals surface area contributed by atoms with Gasteiger partial charge in [-0.05, 0) is 44.0 Å². The fourth-order valence-corrected chi connectivity index (χ4v) is 4.05. The van der Waals surface area contributed by atoms with Gasteiger partial charge in [0.15, 0.2) is 11.5 Å². The molecule has 2 atom stereocenters. The Morgan fingerprint density at radius 1 is 1.19 bits per heavy atom. The van der Waals surface area contributed by atoms with Crippen LogP contribution in [-0.2, 0) is 4.79 Å². The zero-order valence-electron chi connectivity index (χ0n) is 15.1. The van der Waals surface area contributed by atoms with Crippen LogP contribution in [0.2, 0.25) is 0 Å². The van der Waals surface area contributed by atoms with Gasteiger partial charge in [-0.1, -0.05) is 6.07 Å². The zero-order valence-corrected chi connectivity index (χ0v) is 15.1. The molecule has 4 rings (SSSR count). The van der Waals surface area contributed by atoms with Crippen LogP contribution in [0.15, 0.2) is 18.2 Å². The minimum Gasteiger partial charge on any atom is -0.490 e. The molecule has 0 unspecified atom stereocenters. The van der Waals surface area contributed by atoms with Crippen molar-refractivity contribution in [3.05, 3.63) is 23.8 Å². The van der Waals surface area contributed by atoms with Crippen molar-refractivity contribution >= 4 is 11.9 Å². The smallest absolute Gasteiger partial charge is 0.324 e. The second-order valence-corrected chi connectivity index (χ2v) is 7.05. The molecule has 2 fully saturated rings. The lowest BCUT2D eigenvalue weighted by Crippen LogP contribution is -2.47. The molecule has 0 spiro atoms. The van der Waals surface area contributed by atoms with Gasteiger partial charge in [0.05, 0.1) is 19.3 Å². The van der Waals surface area contributed by atoms with Crippen LogP contribution in [0.1, 0.15) is 37.8 Å². The molecule has 0 aromatic heterocycles. The molecule has 3 amide bonds. The second kappa shape index (κ2) is 7.15. The van der Waals surface area contributed by atoms with Crippen LogP contribution < -0.4 is 14.8 Å². The highest BCUT2D eigenvalue weighted by Gasteiger charge is 2.38. The minimum atomic E-state index is -0.331. The van der Waals surface area contributed by atoms with E-state index in [-0.39, 0.29) is 24.0 Å². The molecule has 2 saturated heterocycles. The molecule has 1 aromatic carbocycles. The summed E-state index contributed by atoms with van der Waals surface area (Å²) in [5.74, 6) is 1.44. The van der Waals surface area contributed by atoms with E-state index in [9.17, 15) is 9.59 Å². The molecule has 3 aliphatic rings. The molecular formula is C19H25N3O4. The van der Waals surface area contributed by atoms with Gasteiger partial charge in [0, 0.05) is 25.6 Å². The summed E-state index contributed by atoms with van der Waals surface area (Å²) in [5.41, 5.74) is 1.14. The van der Waals surface area contributed by atoms with Crippen LogP contribution >= 0.6 is 0 Å². The van der Waals surface area contributed by atoms with Gasteiger partial charge in [0.25, 0.3) is 0 Å². The third-order valence-corrected chi connectivity index (χ3v) is 5.43. The lowest BCUT2D eigenvalue weighted by Gasteiger charge is -2.32. The van der Waals surface area contributed by atoms with Gasteiger partial charge in [-0.2, -0.15) is 0 Å². The summed E-state index contributed by atoms with van der Waals surface area (Å²) < 4.78 is 11.5. The molecule has 140 valence electrons. The van der Waals surface area contributed by atoms with Gasteiger partial charge in [0.2, 0.25) is 5.91 Å². The number of hydrogen-bond acceptors (Lipinski definition) is 5. The largest absolute Gasteiger partial charge is 0.490 e. The van der Waals surface area contributed by atoms with Crippen molar-refractivity contribution in [2.24, 2.45) is 0 Å². The van der Waals surface area contributed by atoms with Gasteiger partial charge in [-0.3, -0.25) is 14.6 Å². The molecule has 3 heterocycles. The Hall–Kier alpha value is -2.28. The molecule has 1 N–H and O–H groups in total. The van der Waals surface area contributed by atoms with E-state index in [1.807, 2.05) is 19.1 Å². The van der Waals surface area contributed by atoms with Gasteiger partial charge >= 0.3 is 6.03 Å². The highest BCUT2D eigenvalue weighted by Crippen LogP contribution is 2.39. The van der Waals surface area contributed by atoms with E-state index in [0.29, 0.717) is 26.3 Å². The summed E-state index contributed by atoms with van der Waals surface area (Å²) in [5, 5.41) is 2.70. The molecule has 1 aromatic rings. The molecule has 7 nitrogen and oxygen atoms in total. The first-order chi connectivity index (χ1) is 12.6. The quantitative estimate of drug-likeness (QED) is 0.893. The first-order valence-corrected chi connectivity index (χ1v) is 9.39. The number of rotatable bonds is 3. The fraction of sp³-hybridized carbons (Fsp3) is 0.579. The number of carbonyl (C=O) groups excluding carboxylic acids is 2. The van der Waals surface area contributed by atoms with Crippen molar-refractivity contribution in [1.82, 2.24) is 15.1 Å². The molecule has 0 aliphatic carbocycles. The minimum absolute atomic E-state index is 0.124. The molecule has 0 saturated carbocycles. The number of nitrogens with one attached hydrogen (secondary N) is 1. The second-order valence-electron chi connectivity index (χ2n) is 7.05. The highest BCUT2D eigenvalue weighted by atomic mass is 16.5. The van der Waals surface area contributed by atoms with Crippen LogP contribution in [0.25, 0.3) is 0 Å². The highest BCUT2D eigenvalue weighted by molar-refractivity contribution is 5.98. The molecular weight excluding hydrogens is 334 g/mol. The first-order valence-electron chi connectivity index (χ1n) is 9.39. The van der Waals surface area contributed by atoms with E-state index in [2.05, 4.69) is 16.3 Å². The van der Waals surface area contributed by atoms with E-state index < -0.39 is 0 Å². The number of imide groups is 1. The molecule has 0 bridgehead atoms. The normalized spacial score (nSPS) is 24.3. The molecule has 3 aliphatic heterocycles. The lowest BCUT2D eigenvalue weighted by molar-refractivity contribution is -0.133. The Labute approximate surface area is 153 Å². The van der Waals surface area contributed by atoms with Crippen LogP contribution in [-0.4, -0.2) is 60.6 Å². The monoisotopic (exact) mass is 359 g/mol. The molecule has 7 heteroatoms. The Morgan fingerprint density at radius 2 is 2.00 bits per heavy atom. The number of fused-ring (bicyclic) bond motifs is 1. The fourth-order valence-electron chi connectivity index (χ4n) is 4.05.